The standard InChI is InChI=1S/C12H16Cl2O2/c1-3-12(2,16)10(15)7-8-5-4-6-9(13)11(8)14/h4-6,10,15-16H,3,7H2,1-2H3. The van der Waals surface area contributed by atoms with Crippen LogP contribution in [0.15, 0.2) is 18.2 Å². The smallest absolute Gasteiger partial charge is 0.0878 e. The Bertz CT molecular complexity index is 364. The number of aliphatic hydroxyl groups is 2. The quantitative estimate of drug-likeness (QED) is 0.876. The fourth-order valence-corrected chi connectivity index (χ4v) is 1.77. The minimum Gasteiger partial charge on any atom is -0.390 e. The molecular formula is C12H16Cl2O2. The lowest BCUT2D eigenvalue weighted by Gasteiger charge is -2.28. The van der Waals surface area contributed by atoms with Crippen molar-refractivity contribution < 1.29 is 10.2 Å². The zero-order chi connectivity index (χ0) is 12.3. The minimum absolute atomic E-state index is 0.292. The number of benzene rings is 1. The summed E-state index contributed by atoms with van der Waals surface area (Å²) in [6.07, 6.45) is -0.0829. The second kappa shape index (κ2) is 5.37. The predicted molar refractivity (Wildman–Crippen MR) is 67.1 cm³/mol. The van der Waals surface area contributed by atoms with Crippen LogP contribution < -0.4 is 0 Å². The van der Waals surface area contributed by atoms with Crippen LogP contribution in [0.5, 0.6) is 0 Å². The molecule has 1 aromatic rings. The normalized spacial score (nSPS) is 16.9. The minimum atomic E-state index is -1.11. The number of aliphatic hydroxyl groups excluding tert-OH is 1. The molecule has 4 heteroatoms. The summed E-state index contributed by atoms with van der Waals surface area (Å²) in [4.78, 5) is 0. The second-order valence-electron chi connectivity index (χ2n) is 4.14. The van der Waals surface area contributed by atoms with E-state index in [1.54, 1.807) is 25.1 Å². The molecule has 1 aromatic carbocycles. The lowest BCUT2D eigenvalue weighted by molar-refractivity contribution is -0.0629. The maximum Gasteiger partial charge on any atom is 0.0878 e. The summed E-state index contributed by atoms with van der Waals surface area (Å²) in [6, 6.07) is 5.26. The van der Waals surface area contributed by atoms with E-state index < -0.39 is 11.7 Å². The Hall–Kier alpha value is -0.280. The Morgan fingerprint density at radius 3 is 2.56 bits per heavy atom. The molecule has 0 fully saturated rings. The van der Waals surface area contributed by atoms with Gasteiger partial charge in [-0.2, -0.15) is 0 Å². The van der Waals surface area contributed by atoms with Crippen molar-refractivity contribution in [2.75, 3.05) is 0 Å². The van der Waals surface area contributed by atoms with Crippen molar-refractivity contribution in [3.05, 3.63) is 33.8 Å². The van der Waals surface area contributed by atoms with E-state index >= 15 is 0 Å². The first kappa shape index (κ1) is 13.8. The zero-order valence-electron chi connectivity index (χ0n) is 9.37. The van der Waals surface area contributed by atoms with Gasteiger partial charge in [-0.15, -0.1) is 0 Å². The van der Waals surface area contributed by atoms with Crippen LogP contribution in [0.4, 0.5) is 0 Å². The van der Waals surface area contributed by atoms with Crippen LogP contribution in [0.3, 0.4) is 0 Å². The molecule has 2 atom stereocenters. The average Bonchev–Trinajstić information content (AvgIpc) is 2.24. The van der Waals surface area contributed by atoms with Gasteiger partial charge in [0.25, 0.3) is 0 Å². The van der Waals surface area contributed by atoms with Gasteiger partial charge in [-0.25, -0.2) is 0 Å². The van der Waals surface area contributed by atoms with Crippen molar-refractivity contribution in [1.29, 1.82) is 0 Å². The molecule has 2 unspecified atom stereocenters. The van der Waals surface area contributed by atoms with Crippen molar-refractivity contribution in [2.24, 2.45) is 0 Å². The fourth-order valence-electron chi connectivity index (χ4n) is 1.37. The summed E-state index contributed by atoms with van der Waals surface area (Å²) in [5.74, 6) is 0. The maximum absolute atomic E-state index is 9.89. The Morgan fingerprint density at radius 2 is 2.00 bits per heavy atom. The fraction of sp³-hybridized carbons (Fsp3) is 0.500. The molecule has 0 saturated heterocycles. The molecule has 0 aromatic heterocycles. The molecule has 1 rings (SSSR count). The van der Waals surface area contributed by atoms with Crippen LogP contribution in [0.2, 0.25) is 10.0 Å². The highest BCUT2D eigenvalue weighted by Gasteiger charge is 2.28. The Balaban J connectivity index is 2.85. The summed E-state index contributed by atoms with van der Waals surface area (Å²) in [6.45, 7) is 3.43. The van der Waals surface area contributed by atoms with E-state index in [4.69, 9.17) is 23.2 Å². The van der Waals surface area contributed by atoms with Gasteiger partial charge < -0.3 is 10.2 Å². The third-order valence-electron chi connectivity index (χ3n) is 2.88. The van der Waals surface area contributed by atoms with Crippen LogP contribution in [-0.4, -0.2) is 21.9 Å². The molecule has 90 valence electrons. The van der Waals surface area contributed by atoms with Gasteiger partial charge in [0.1, 0.15) is 0 Å². The molecule has 0 radical (unpaired) electrons. The van der Waals surface area contributed by atoms with Crippen LogP contribution in [0.1, 0.15) is 25.8 Å². The van der Waals surface area contributed by atoms with Crippen molar-refractivity contribution >= 4 is 23.2 Å². The van der Waals surface area contributed by atoms with Gasteiger partial charge in [0.15, 0.2) is 0 Å². The highest BCUT2D eigenvalue weighted by molar-refractivity contribution is 6.42. The molecule has 0 spiro atoms. The second-order valence-corrected chi connectivity index (χ2v) is 4.93. The number of rotatable bonds is 4. The predicted octanol–water partition coefficient (Wildman–Crippen LogP) is 3.06. The summed E-state index contributed by atoms with van der Waals surface area (Å²) in [5, 5.41) is 20.7. The first-order valence-electron chi connectivity index (χ1n) is 5.21. The van der Waals surface area contributed by atoms with Gasteiger partial charge in [-0.05, 0) is 25.0 Å². The van der Waals surface area contributed by atoms with Gasteiger partial charge in [0.2, 0.25) is 0 Å². The van der Waals surface area contributed by atoms with Crippen molar-refractivity contribution in [1.82, 2.24) is 0 Å². The molecule has 0 aliphatic carbocycles. The van der Waals surface area contributed by atoms with E-state index in [-0.39, 0.29) is 0 Å². The van der Waals surface area contributed by atoms with E-state index in [2.05, 4.69) is 0 Å². The average molecular weight is 263 g/mol. The van der Waals surface area contributed by atoms with Crippen LogP contribution >= 0.6 is 23.2 Å². The lowest BCUT2D eigenvalue weighted by atomic mass is 9.91. The molecule has 16 heavy (non-hydrogen) atoms. The zero-order valence-corrected chi connectivity index (χ0v) is 10.9. The largest absolute Gasteiger partial charge is 0.390 e. The summed E-state index contributed by atoms with van der Waals surface area (Å²) < 4.78 is 0. The van der Waals surface area contributed by atoms with Crippen LogP contribution in [-0.2, 0) is 6.42 Å². The molecule has 0 aliphatic heterocycles. The Morgan fingerprint density at radius 1 is 1.38 bits per heavy atom. The van der Waals surface area contributed by atoms with Gasteiger partial charge in [0.05, 0.1) is 21.8 Å². The van der Waals surface area contributed by atoms with Crippen molar-refractivity contribution in [3.63, 3.8) is 0 Å². The van der Waals surface area contributed by atoms with Gasteiger partial charge in [-0.1, -0.05) is 42.3 Å². The molecule has 0 heterocycles. The Labute approximate surface area is 106 Å². The molecule has 0 amide bonds. The van der Waals surface area contributed by atoms with Gasteiger partial charge in [0, 0.05) is 6.42 Å². The topological polar surface area (TPSA) is 40.5 Å². The monoisotopic (exact) mass is 262 g/mol. The molecule has 0 saturated carbocycles. The third-order valence-corrected chi connectivity index (χ3v) is 3.74. The summed E-state index contributed by atoms with van der Waals surface area (Å²) in [5.41, 5.74) is -0.360. The highest BCUT2D eigenvalue weighted by Crippen LogP contribution is 2.28. The van der Waals surface area contributed by atoms with Crippen LogP contribution in [0.25, 0.3) is 0 Å². The number of halogens is 2. The Kier molecular flexibility index (Phi) is 4.62. The highest BCUT2D eigenvalue weighted by atomic mass is 35.5. The first-order chi connectivity index (χ1) is 7.38. The van der Waals surface area contributed by atoms with E-state index in [1.165, 1.54) is 0 Å². The van der Waals surface area contributed by atoms with E-state index in [1.807, 2.05) is 6.92 Å². The molecule has 0 bridgehead atoms. The third kappa shape index (κ3) is 3.11. The molecule has 0 aliphatic rings. The number of hydrogen-bond donors (Lipinski definition) is 2. The van der Waals surface area contributed by atoms with Crippen molar-refractivity contribution in [2.45, 2.75) is 38.4 Å². The SMILES string of the molecule is CCC(C)(O)C(O)Cc1cccc(Cl)c1Cl. The van der Waals surface area contributed by atoms with Crippen LogP contribution in [0, 0.1) is 0 Å². The van der Waals surface area contributed by atoms with Crippen molar-refractivity contribution in [3.8, 4) is 0 Å². The lowest BCUT2D eigenvalue weighted by Crippen LogP contribution is -2.40. The molecule has 2 nitrogen and oxygen atoms in total. The molecule has 2 N–H and O–H groups in total. The first-order valence-corrected chi connectivity index (χ1v) is 5.97. The summed E-state index contributed by atoms with van der Waals surface area (Å²) >= 11 is 11.9. The van der Waals surface area contributed by atoms with Gasteiger partial charge in [-0.3, -0.25) is 0 Å². The maximum atomic E-state index is 9.89. The van der Waals surface area contributed by atoms with E-state index in [0.717, 1.165) is 5.56 Å². The summed E-state index contributed by atoms with van der Waals surface area (Å²) in [7, 11) is 0. The molecular weight excluding hydrogens is 247 g/mol. The van der Waals surface area contributed by atoms with E-state index in [0.29, 0.717) is 22.9 Å². The number of hydrogen-bond acceptors (Lipinski definition) is 2. The van der Waals surface area contributed by atoms with Gasteiger partial charge >= 0.3 is 0 Å². The van der Waals surface area contributed by atoms with E-state index in [9.17, 15) is 10.2 Å².